The molecule has 32 heavy (non-hydrogen) atoms. The Morgan fingerprint density at radius 3 is 2.66 bits per heavy atom. The molecular formula is C23H25BrClN3O4. The Labute approximate surface area is 200 Å². The van der Waals surface area contributed by atoms with Crippen molar-refractivity contribution in [3.8, 4) is 11.5 Å². The molecule has 0 aliphatic carbocycles. The number of allylic oxidation sites excluding steroid dienone is 1. The van der Waals surface area contributed by atoms with Crippen LogP contribution in [0.4, 0.5) is 10.5 Å². The third-order valence-corrected chi connectivity index (χ3v) is 5.70. The minimum atomic E-state index is -0.712. The fourth-order valence-electron chi connectivity index (χ4n) is 3.29. The molecule has 7 nitrogen and oxygen atoms in total. The third kappa shape index (κ3) is 5.37. The fourth-order valence-corrected chi connectivity index (χ4v) is 4.05. The number of carbonyl (C=O) groups is 2. The van der Waals surface area contributed by atoms with Crippen molar-refractivity contribution in [2.45, 2.75) is 26.8 Å². The van der Waals surface area contributed by atoms with Crippen molar-refractivity contribution in [2.24, 2.45) is 5.92 Å². The second kappa shape index (κ2) is 10.3. The van der Waals surface area contributed by atoms with E-state index in [1.54, 1.807) is 44.4 Å². The van der Waals surface area contributed by atoms with Gasteiger partial charge in [0.1, 0.15) is 0 Å². The summed E-state index contributed by atoms with van der Waals surface area (Å²) in [5.74, 6) is 1.00. The summed E-state index contributed by atoms with van der Waals surface area (Å²) in [5.41, 5.74) is 1.93. The van der Waals surface area contributed by atoms with E-state index in [9.17, 15) is 9.59 Å². The van der Waals surface area contributed by atoms with Gasteiger partial charge >= 0.3 is 6.03 Å². The van der Waals surface area contributed by atoms with Crippen molar-refractivity contribution in [2.75, 3.05) is 19.0 Å². The van der Waals surface area contributed by atoms with Gasteiger partial charge in [-0.3, -0.25) is 4.79 Å². The van der Waals surface area contributed by atoms with Gasteiger partial charge in [0.05, 0.1) is 40.5 Å². The van der Waals surface area contributed by atoms with Gasteiger partial charge in [-0.1, -0.05) is 37.6 Å². The third-order valence-electron chi connectivity index (χ3n) is 4.78. The van der Waals surface area contributed by atoms with Gasteiger partial charge in [0.25, 0.3) is 5.91 Å². The average Bonchev–Trinajstić information content (AvgIpc) is 2.73. The molecule has 1 heterocycles. The summed E-state index contributed by atoms with van der Waals surface area (Å²) in [6, 6.07) is 9.40. The second-order valence-electron chi connectivity index (χ2n) is 7.74. The monoisotopic (exact) mass is 521 g/mol. The first-order valence-corrected chi connectivity index (χ1v) is 11.2. The summed E-state index contributed by atoms with van der Waals surface area (Å²) in [7, 11) is 1.54. The van der Waals surface area contributed by atoms with Crippen LogP contribution in [0.5, 0.6) is 11.5 Å². The highest BCUT2D eigenvalue weighted by Gasteiger charge is 2.32. The molecule has 0 bridgehead atoms. The number of amides is 3. The molecule has 0 spiro atoms. The lowest BCUT2D eigenvalue weighted by molar-refractivity contribution is -0.113. The SMILES string of the molecule is COc1cc([C@H]2NC(=O)NC(C)=C2C(=O)Nc2ccccc2Cl)cc(Br)c1OCC(C)C. The largest absolute Gasteiger partial charge is 0.493 e. The first kappa shape index (κ1) is 23.9. The van der Waals surface area contributed by atoms with Gasteiger partial charge in [-0.15, -0.1) is 0 Å². The maximum Gasteiger partial charge on any atom is 0.319 e. The Morgan fingerprint density at radius 1 is 1.28 bits per heavy atom. The molecule has 3 amide bonds. The van der Waals surface area contributed by atoms with Crippen LogP contribution in [-0.4, -0.2) is 25.7 Å². The molecule has 0 aromatic heterocycles. The van der Waals surface area contributed by atoms with Crippen LogP contribution >= 0.6 is 27.5 Å². The summed E-state index contributed by atoms with van der Waals surface area (Å²) in [6.45, 7) is 6.30. The predicted octanol–water partition coefficient (Wildman–Crippen LogP) is 5.41. The summed E-state index contributed by atoms with van der Waals surface area (Å²) in [5, 5.41) is 8.73. The quantitative estimate of drug-likeness (QED) is 0.453. The summed E-state index contributed by atoms with van der Waals surface area (Å²) >= 11 is 9.74. The number of methoxy groups -OCH3 is 1. The fraction of sp³-hybridized carbons (Fsp3) is 0.304. The lowest BCUT2D eigenvalue weighted by Crippen LogP contribution is -2.46. The van der Waals surface area contributed by atoms with Crippen LogP contribution in [0.1, 0.15) is 32.4 Å². The Morgan fingerprint density at radius 2 is 2.00 bits per heavy atom. The maximum atomic E-state index is 13.2. The van der Waals surface area contributed by atoms with Crippen molar-refractivity contribution in [1.82, 2.24) is 10.6 Å². The van der Waals surface area contributed by atoms with Gasteiger partial charge in [0.15, 0.2) is 11.5 Å². The van der Waals surface area contributed by atoms with E-state index in [1.165, 1.54) is 0 Å². The number of carbonyl (C=O) groups excluding carboxylic acids is 2. The molecule has 3 N–H and O–H groups in total. The van der Waals surface area contributed by atoms with E-state index < -0.39 is 12.1 Å². The highest BCUT2D eigenvalue weighted by Crippen LogP contribution is 2.40. The second-order valence-corrected chi connectivity index (χ2v) is 9.00. The average molecular weight is 523 g/mol. The molecule has 1 aliphatic rings. The van der Waals surface area contributed by atoms with Crippen LogP contribution in [0.15, 0.2) is 52.1 Å². The Kier molecular flexibility index (Phi) is 7.69. The highest BCUT2D eigenvalue weighted by atomic mass is 79.9. The molecule has 0 unspecified atom stereocenters. The topological polar surface area (TPSA) is 88.7 Å². The number of hydrogen-bond donors (Lipinski definition) is 3. The van der Waals surface area contributed by atoms with E-state index in [0.717, 1.165) is 0 Å². The van der Waals surface area contributed by atoms with Crippen molar-refractivity contribution >= 4 is 45.2 Å². The molecule has 0 fully saturated rings. The van der Waals surface area contributed by atoms with Gasteiger partial charge in [-0.25, -0.2) is 4.79 Å². The van der Waals surface area contributed by atoms with E-state index in [2.05, 4.69) is 45.7 Å². The van der Waals surface area contributed by atoms with Crippen LogP contribution in [0.3, 0.4) is 0 Å². The van der Waals surface area contributed by atoms with Gasteiger partial charge in [0.2, 0.25) is 0 Å². The molecule has 0 saturated heterocycles. The van der Waals surface area contributed by atoms with Gasteiger partial charge in [-0.2, -0.15) is 0 Å². The van der Waals surface area contributed by atoms with Gasteiger partial charge in [0, 0.05) is 5.70 Å². The Bertz CT molecular complexity index is 1070. The number of ether oxygens (including phenoxy) is 2. The van der Waals surface area contributed by atoms with Crippen LogP contribution in [0.2, 0.25) is 5.02 Å². The number of anilines is 1. The molecule has 2 aromatic rings. The van der Waals surface area contributed by atoms with Crippen LogP contribution < -0.4 is 25.4 Å². The molecular weight excluding hydrogens is 498 g/mol. The Balaban J connectivity index is 1.99. The minimum Gasteiger partial charge on any atom is -0.493 e. The highest BCUT2D eigenvalue weighted by molar-refractivity contribution is 9.10. The van der Waals surface area contributed by atoms with Gasteiger partial charge in [-0.05, 0) is 58.6 Å². The zero-order valence-corrected chi connectivity index (χ0v) is 20.6. The maximum absolute atomic E-state index is 13.2. The zero-order valence-electron chi connectivity index (χ0n) is 18.2. The van der Waals surface area contributed by atoms with Crippen LogP contribution in [-0.2, 0) is 4.79 Å². The van der Waals surface area contributed by atoms with E-state index >= 15 is 0 Å². The minimum absolute atomic E-state index is 0.334. The first-order valence-electron chi connectivity index (χ1n) is 10.1. The number of para-hydroxylation sites is 1. The van der Waals surface area contributed by atoms with Crippen molar-refractivity contribution in [3.63, 3.8) is 0 Å². The summed E-state index contributed by atoms with van der Waals surface area (Å²) in [6.07, 6.45) is 0. The lowest BCUT2D eigenvalue weighted by atomic mass is 9.94. The molecule has 3 rings (SSSR count). The number of nitrogens with one attached hydrogen (secondary N) is 3. The lowest BCUT2D eigenvalue weighted by Gasteiger charge is -2.29. The van der Waals surface area contributed by atoms with Crippen LogP contribution in [0, 0.1) is 5.92 Å². The van der Waals surface area contributed by atoms with E-state index in [1.807, 2.05) is 6.07 Å². The van der Waals surface area contributed by atoms with Gasteiger partial charge < -0.3 is 25.4 Å². The molecule has 1 aliphatic heterocycles. The number of urea groups is 1. The normalized spacial score (nSPS) is 15.8. The first-order chi connectivity index (χ1) is 15.2. The van der Waals surface area contributed by atoms with E-state index in [0.29, 0.717) is 56.0 Å². The molecule has 1 atom stereocenters. The smallest absolute Gasteiger partial charge is 0.319 e. The molecule has 0 saturated carbocycles. The summed E-state index contributed by atoms with van der Waals surface area (Å²) in [4.78, 5) is 25.5. The molecule has 0 radical (unpaired) electrons. The van der Waals surface area contributed by atoms with Crippen LogP contribution in [0.25, 0.3) is 0 Å². The van der Waals surface area contributed by atoms with E-state index in [-0.39, 0.29) is 5.91 Å². The zero-order chi connectivity index (χ0) is 23.4. The number of benzene rings is 2. The number of rotatable bonds is 7. The van der Waals surface area contributed by atoms with Crippen molar-refractivity contribution in [3.05, 3.63) is 62.7 Å². The standard InChI is InChI=1S/C23H25BrClN3O4/c1-12(2)11-32-21-15(24)9-14(10-18(21)31-4)20-19(13(3)26-23(30)28-20)22(29)27-17-8-6-5-7-16(17)25/h5-10,12,20H,11H2,1-4H3,(H,27,29)(H2,26,28,30)/t20-/m1/s1. The molecule has 170 valence electrons. The number of halogens is 2. The summed E-state index contributed by atoms with van der Waals surface area (Å²) < 4.78 is 12.1. The molecule has 9 heteroatoms. The molecule has 2 aromatic carbocycles. The number of hydrogen-bond acceptors (Lipinski definition) is 4. The van der Waals surface area contributed by atoms with Crippen molar-refractivity contribution < 1.29 is 19.1 Å². The Hall–Kier alpha value is -2.71. The predicted molar refractivity (Wildman–Crippen MR) is 128 cm³/mol. The van der Waals surface area contributed by atoms with Crippen molar-refractivity contribution in [1.29, 1.82) is 0 Å². The van der Waals surface area contributed by atoms with E-state index in [4.69, 9.17) is 21.1 Å².